The predicted molar refractivity (Wildman–Crippen MR) is 141 cm³/mol. The van der Waals surface area contributed by atoms with Crippen LogP contribution in [0.1, 0.15) is 55.5 Å². The summed E-state index contributed by atoms with van der Waals surface area (Å²) in [5.41, 5.74) is 2.22. The molecule has 3 nitrogen and oxygen atoms in total. The summed E-state index contributed by atoms with van der Waals surface area (Å²) in [6, 6.07) is 21.3. The molecule has 5 rings (SSSR count). The Balaban J connectivity index is 1.27. The number of carbonyl (C=O) groups is 1. The molecule has 3 aromatic rings. The van der Waals surface area contributed by atoms with E-state index in [0.717, 1.165) is 61.9 Å². The zero-order valence-corrected chi connectivity index (χ0v) is 21.2. The van der Waals surface area contributed by atoms with Gasteiger partial charge >= 0.3 is 0 Å². The van der Waals surface area contributed by atoms with Gasteiger partial charge in [0.15, 0.2) is 0 Å². The van der Waals surface area contributed by atoms with Crippen molar-refractivity contribution >= 4 is 16.7 Å². The Labute approximate surface area is 208 Å². The molecular formula is C31H37FN2O. The van der Waals surface area contributed by atoms with Crippen molar-refractivity contribution in [3.8, 4) is 0 Å². The molecule has 2 aliphatic heterocycles. The van der Waals surface area contributed by atoms with E-state index in [1.54, 1.807) is 12.1 Å². The average Bonchev–Trinajstić information content (AvgIpc) is 3.29. The van der Waals surface area contributed by atoms with E-state index in [-0.39, 0.29) is 17.1 Å². The first-order chi connectivity index (χ1) is 16.8. The van der Waals surface area contributed by atoms with Crippen LogP contribution >= 0.6 is 0 Å². The van der Waals surface area contributed by atoms with Crippen molar-refractivity contribution in [3.05, 3.63) is 83.7 Å². The monoisotopic (exact) mass is 472 g/mol. The lowest BCUT2D eigenvalue weighted by atomic mass is 9.74. The molecule has 0 N–H and O–H groups in total. The van der Waals surface area contributed by atoms with Crippen LogP contribution in [-0.2, 0) is 0 Å². The van der Waals surface area contributed by atoms with E-state index in [1.165, 1.54) is 5.56 Å². The largest absolute Gasteiger partial charge is 0.338 e. The molecule has 0 spiro atoms. The van der Waals surface area contributed by atoms with Gasteiger partial charge in [0.1, 0.15) is 5.82 Å². The van der Waals surface area contributed by atoms with Gasteiger partial charge in [0, 0.05) is 25.2 Å². The normalized spacial score (nSPS) is 22.1. The highest BCUT2D eigenvalue weighted by atomic mass is 19.1. The molecule has 35 heavy (non-hydrogen) atoms. The molecule has 2 saturated heterocycles. The highest BCUT2D eigenvalue weighted by Gasteiger charge is 2.42. The van der Waals surface area contributed by atoms with E-state index in [0.29, 0.717) is 17.8 Å². The second kappa shape index (κ2) is 9.73. The van der Waals surface area contributed by atoms with Gasteiger partial charge in [-0.15, -0.1) is 0 Å². The van der Waals surface area contributed by atoms with Crippen LogP contribution in [0.3, 0.4) is 0 Å². The number of likely N-dealkylation sites (tertiary alicyclic amines) is 2. The molecule has 0 radical (unpaired) electrons. The van der Waals surface area contributed by atoms with Gasteiger partial charge in [0.2, 0.25) is 0 Å². The van der Waals surface area contributed by atoms with E-state index >= 15 is 0 Å². The van der Waals surface area contributed by atoms with Gasteiger partial charge < -0.3 is 9.80 Å². The van der Waals surface area contributed by atoms with Gasteiger partial charge in [-0.2, -0.15) is 0 Å². The predicted octanol–water partition coefficient (Wildman–Crippen LogP) is 6.59. The van der Waals surface area contributed by atoms with Crippen molar-refractivity contribution in [1.29, 1.82) is 0 Å². The summed E-state index contributed by atoms with van der Waals surface area (Å²) in [6.45, 7) is 11.8. The summed E-state index contributed by atoms with van der Waals surface area (Å²) >= 11 is 0. The number of halogens is 1. The van der Waals surface area contributed by atoms with Gasteiger partial charge in [0.25, 0.3) is 5.91 Å². The highest BCUT2D eigenvalue weighted by Crippen LogP contribution is 2.40. The Bertz CT molecular complexity index is 1170. The van der Waals surface area contributed by atoms with Gasteiger partial charge in [0.05, 0.1) is 0 Å². The van der Waals surface area contributed by atoms with E-state index in [4.69, 9.17) is 0 Å². The Morgan fingerprint density at radius 1 is 0.914 bits per heavy atom. The minimum Gasteiger partial charge on any atom is -0.338 e. The van der Waals surface area contributed by atoms with Crippen LogP contribution < -0.4 is 0 Å². The quantitative estimate of drug-likeness (QED) is 0.427. The van der Waals surface area contributed by atoms with Crippen molar-refractivity contribution < 1.29 is 9.18 Å². The Morgan fingerprint density at radius 2 is 1.60 bits per heavy atom. The molecule has 2 aliphatic rings. The van der Waals surface area contributed by atoms with Crippen LogP contribution in [0.4, 0.5) is 4.39 Å². The zero-order valence-electron chi connectivity index (χ0n) is 21.2. The smallest absolute Gasteiger partial charge is 0.254 e. The van der Waals surface area contributed by atoms with Crippen molar-refractivity contribution in [2.75, 3.05) is 32.7 Å². The summed E-state index contributed by atoms with van der Waals surface area (Å²) in [4.78, 5) is 18.4. The first-order valence-corrected chi connectivity index (χ1v) is 13.0. The molecule has 2 fully saturated rings. The maximum Gasteiger partial charge on any atom is 0.254 e. The van der Waals surface area contributed by atoms with Gasteiger partial charge in [-0.1, -0.05) is 69.3 Å². The molecule has 2 heterocycles. The number of amides is 1. The minimum absolute atomic E-state index is 0.144. The molecule has 0 bridgehead atoms. The lowest BCUT2D eigenvalue weighted by molar-refractivity contribution is 0.0777. The third kappa shape index (κ3) is 5.13. The van der Waals surface area contributed by atoms with Crippen LogP contribution in [0.5, 0.6) is 0 Å². The number of rotatable bonds is 4. The van der Waals surface area contributed by atoms with E-state index in [9.17, 15) is 9.18 Å². The molecule has 2 atom stereocenters. The number of hydrogen-bond donors (Lipinski definition) is 0. The fourth-order valence-electron chi connectivity index (χ4n) is 6.30. The highest BCUT2D eigenvalue weighted by molar-refractivity contribution is 6.07. The standard InChI is InChI=1S/C31H37FN2O/c1-31(2,3)29-21-34(30(35)28-10-6-8-24-7-4-5-9-27(24)28)20-25(29)19-33-17-15-23(16-18-33)22-11-13-26(32)14-12-22/h4-14,23,25,29H,15-21H2,1-3H3. The molecule has 184 valence electrons. The van der Waals surface area contributed by atoms with Crippen LogP contribution in [0, 0.1) is 23.1 Å². The van der Waals surface area contributed by atoms with Crippen molar-refractivity contribution in [2.45, 2.75) is 39.5 Å². The lowest BCUT2D eigenvalue weighted by Crippen LogP contribution is -2.40. The van der Waals surface area contributed by atoms with Crippen molar-refractivity contribution in [3.63, 3.8) is 0 Å². The Morgan fingerprint density at radius 3 is 2.31 bits per heavy atom. The first kappa shape index (κ1) is 24.0. The summed E-state index contributed by atoms with van der Waals surface area (Å²) in [7, 11) is 0. The Hall–Kier alpha value is -2.72. The number of hydrogen-bond acceptors (Lipinski definition) is 2. The zero-order chi connectivity index (χ0) is 24.6. The molecule has 1 amide bonds. The van der Waals surface area contributed by atoms with E-state index in [2.05, 4.69) is 48.8 Å². The fourth-order valence-corrected chi connectivity index (χ4v) is 6.30. The minimum atomic E-state index is -0.164. The van der Waals surface area contributed by atoms with Gasteiger partial charge in [-0.3, -0.25) is 4.79 Å². The van der Waals surface area contributed by atoms with Crippen LogP contribution in [-0.4, -0.2) is 48.4 Å². The molecule has 0 saturated carbocycles. The molecule has 2 unspecified atom stereocenters. The van der Waals surface area contributed by atoms with Gasteiger partial charge in [-0.05, 0) is 83.6 Å². The summed E-state index contributed by atoms with van der Waals surface area (Å²) in [5.74, 6) is 1.45. The molecule has 4 heteroatoms. The fraction of sp³-hybridized carbons (Fsp3) is 0.452. The van der Waals surface area contributed by atoms with Crippen LogP contribution in [0.2, 0.25) is 0 Å². The molecular weight excluding hydrogens is 435 g/mol. The third-order valence-electron chi connectivity index (χ3n) is 8.28. The SMILES string of the molecule is CC(C)(C)C1CN(C(=O)c2cccc3ccccc23)CC1CN1CCC(c2ccc(F)cc2)CC1. The topological polar surface area (TPSA) is 23.6 Å². The van der Waals surface area contributed by atoms with Crippen molar-refractivity contribution in [2.24, 2.45) is 17.3 Å². The summed E-state index contributed by atoms with van der Waals surface area (Å²) in [6.07, 6.45) is 2.22. The number of nitrogens with zero attached hydrogens (tertiary/aromatic N) is 2. The van der Waals surface area contributed by atoms with Crippen LogP contribution in [0.25, 0.3) is 10.8 Å². The van der Waals surface area contributed by atoms with E-state index < -0.39 is 0 Å². The van der Waals surface area contributed by atoms with Crippen molar-refractivity contribution in [1.82, 2.24) is 9.80 Å². The molecule has 0 aliphatic carbocycles. The molecule has 3 aromatic carbocycles. The average molecular weight is 473 g/mol. The third-order valence-corrected chi connectivity index (χ3v) is 8.28. The first-order valence-electron chi connectivity index (χ1n) is 13.0. The number of carbonyl (C=O) groups excluding carboxylic acids is 1. The number of fused-ring (bicyclic) bond motifs is 1. The maximum atomic E-state index is 13.7. The lowest BCUT2D eigenvalue weighted by Gasteiger charge is -2.37. The second-order valence-corrected chi connectivity index (χ2v) is 11.6. The number of piperidine rings is 1. The van der Waals surface area contributed by atoms with Crippen LogP contribution in [0.15, 0.2) is 66.7 Å². The summed E-state index contributed by atoms with van der Waals surface area (Å²) < 4.78 is 13.3. The Kier molecular flexibility index (Phi) is 6.67. The number of benzene rings is 3. The maximum absolute atomic E-state index is 13.7. The molecule has 0 aromatic heterocycles. The second-order valence-electron chi connectivity index (χ2n) is 11.6. The van der Waals surface area contributed by atoms with E-state index in [1.807, 2.05) is 36.4 Å². The summed E-state index contributed by atoms with van der Waals surface area (Å²) in [5, 5.41) is 2.16. The van der Waals surface area contributed by atoms with Gasteiger partial charge in [-0.25, -0.2) is 4.39 Å².